The molecule has 2 saturated heterocycles. The Balaban J connectivity index is 1.88. The summed E-state index contributed by atoms with van der Waals surface area (Å²) in [5, 5.41) is 0. The van der Waals surface area contributed by atoms with E-state index in [1.807, 2.05) is 0 Å². The standard InChI is InChI=1S/C13H27N3/c1-4-15-7-5-13(2,6-8-15)16-11-9-14(3)10-12-16/h4-12H2,1-3H3. The number of likely N-dealkylation sites (tertiary alicyclic amines) is 1. The zero-order valence-corrected chi connectivity index (χ0v) is 11.2. The van der Waals surface area contributed by atoms with E-state index in [-0.39, 0.29) is 0 Å². The molecule has 0 N–H and O–H groups in total. The molecule has 0 spiro atoms. The third-order valence-electron chi connectivity index (χ3n) is 4.65. The lowest BCUT2D eigenvalue weighted by molar-refractivity contribution is 0.00632. The highest BCUT2D eigenvalue weighted by molar-refractivity contribution is 4.93. The Labute approximate surface area is 100 Å². The first-order chi connectivity index (χ1) is 7.64. The van der Waals surface area contributed by atoms with E-state index in [1.54, 1.807) is 0 Å². The van der Waals surface area contributed by atoms with Crippen LogP contribution in [0.5, 0.6) is 0 Å². The van der Waals surface area contributed by atoms with Crippen LogP contribution in [0.2, 0.25) is 0 Å². The highest BCUT2D eigenvalue weighted by atomic mass is 15.3. The molecule has 0 aromatic carbocycles. The predicted octanol–water partition coefficient (Wildman–Crippen LogP) is 1.11. The van der Waals surface area contributed by atoms with Crippen LogP contribution in [0.4, 0.5) is 0 Å². The smallest absolute Gasteiger partial charge is 0.0206 e. The number of piperidine rings is 1. The van der Waals surface area contributed by atoms with Crippen molar-refractivity contribution in [1.29, 1.82) is 0 Å². The van der Waals surface area contributed by atoms with E-state index in [0.717, 1.165) is 0 Å². The Morgan fingerprint density at radius 1 is 0.938 bits per heavy atom. The van der Waals surface area contributed by atoms with Crippen molar-refractivity contribution in [1.82, 2.24) is 14.7 Å². The largest absolute Gasteiger partial charge is 0.304 e. The third-order valence-corrected chi connectivity index (χ3v) is 4.65. The minimum absolute atomic E-state index is 0.479. The minimum atomic E-state index is 0.479. The summed E-state index contributed by atoms with van der Waals surface area (Å²) in [7, 11) is 2.24. The number of nitrogens with zero attached hydrogens (tertiary/aromatic N) is 3. The van der Waals surface area contributed by atoms with Gasteiger partial charge in [0.2, 0.25) is 0 Å². The molecular weight excluding hydrogens is 198 g/mol. The molecule has 3 nitrogen and oxygen atoms in total. The molecule has 0 bridgehead atoms. The fraction of sp³-hybridized carbons (Fsp3) is 1.00. The highest BCUT2D eigenvalue weighted by Gasteiger charge is 2.36. The molecule has 3 heteroatoms. The minimum Gasteiger partial charge on any atom is -0.304 e. The number of rotatable bonds is 2. The van der Waals surface area contributed by atoms with Gasteiger partial charge in [-0.25, -0.2) is 0 Å². The van der Waals surface area contributed by atoms with Gasteiger partial charge in [0.25, 0.3) is 0 Å². The summed E-state index contributed by atoms with van der Waals surface area (Å²) in [6.07, 6.45) is 2.70. The first-order valence-electron chi connectivity index (χ1n) is 6.80. The van der Waals surface area contributed by atoms with Crippen molar-refractivity contribution in [3.63, 3.8) is 0 Å². The monoisotopic (exact) mass is 225 g/mol. The molecule has 0 saturated carbocycles. The van der Waals surface area contributed by atoms with Gasteiger partial charge in [-0.3, -0.25) is 4.90 Å². The van der Waals surface area contributed by atoms with Gasteiger partial charge in [0.1, 0.15) is 0 Å². The SMILES string of the molecule is CCN1CCC(C)(N2CCN(C)CC2)CC1. The topological polar surface area (TPSA) is 9.72 Å². The van der Waals surface area contributed by atoms with Gasteiger partial charge in [-0.2, -0.15) is 0 Å². The first-order valence-corrected chi connectivity index (χ1v) is 6.80. The predicted molar refractivity (Wildman–Crippen MR) is 68.8 cm³/mol. The van der Waals surface area contributed by atoms with Crippen LogP contribution in [0.15, 0.2) is 0 Å². The Morgan fingerprint density at radius 3 is 2.00 bits per heavy atom. The molecule has 2 rings (SSSR count). The second-order valence-electron chi connectivity index (χ2n) is 5.72. The summed E-state index contributed by atoms with van der Waals surface area (Å²) < 4.78 is 0. The fourth-order valence-electron chi connectivity index (χ4n) is 3.01. The summed E-state index contributed by atoms with van der Waals surface area (Å²) in [4.78, 5) is 7.76. The Bertz CT molecular complexity index is 213. The maximum absolute atomic E-state index is 2.74. The van der Waals surface area contributed by atoms with Crippen molar-refractivity contribution in [2.24, 2.45) is 0 Å². The molecule has 2 aliphatic rings. The van der Waals surface area contributed by atoms with Crippen molar-refractivity contribution in [2.45, 2.75) is 32.2 Å². The first kappa shape index (κ1) is 12.3. The molecule has 0 radical (unpaired) electrons. The van der Waals surface area contributed by atoms with E-state index in [4.69, 9.17) is 0 Å². The lowest BCUT2D eigenvalue weighted by Crippen LogP contribution is -2.58. The van der Waals surface area contributed by atoms with Gasteiger partial charge in [0.15, 0.2) is 0 Å². The van der Waals surface area contributed by atoms with Crippen molar-refractivity contribution < 1.29 is 0 Å². The Morgan fingerprint density at radius 2 is 1.50 bits per heavy atom. The van der Waals surface area contributed by atoms with E-state index in [9.17, 15) is 0 Å². The number of hydrogen-bond acceptors (Lipinski definition) is 3. The van der Waals surface area contributed by atoms with Crippen LogP contribution >= 0.6 is 0 Å². The highest BCUT2D eigenvalue weighted by Crippen LogP contribution is 2.29. The zero-order valence-electron chi connectivity index (χ0n) is 11.2. The van der Waals surface area contributed by atoms with Crippen molar-refractivity contribution in [3.05, 3.63) is 0 Å². The summed E-state index contributed by atoms with van der Waals surface area (Å²) in [5.74, 6) is 0. The Kier molecular flexibility index (Phi) is 3.88. The van der Waals surface area contributed by atoms with Crippen molar-refractivity contribution in [3.8, 4) is 0 Å². The van der Waals surface area contributed by atoms with Crippen LogP contribution in [-0.2, 0) is 0 Å². The van der Waals surface area contributed by atoms with Crippen LogP contribution in [0.1, 0.15) is 26.7 Å². The maximum Gasteiger partial charge on any atom is 0.0206 e. The second kappa shape index (κ2) is 5.03. The van der Waals surface area contributed by atoms with E-state index in [1.165, 1.54) is 58.7 Å². The third kappa shape index (κ3) is 2.58. The molecule has 2 aliphatic heterocycles. The molecular formula is C13H27N3. The average molecular weight is 225 g/mol. The molecule has 0 aromatic heterocycles. The van der Waals surface area contributed by atoms with E-state index < -0.39 is 0 Å². The molecule has 0 aliphatic carbocycles. The summed E-state index contributed by atoms with van der Waals surface area (Å²) >= 11 is 0. The van der Waals surface area contributed by atoms with E-state index in [2.05, 4.69) is 35.6 Å². The molecule has 0 unspecified atom stereocenters. The van der Waals surface area contributed by atoms with E-state index >= 15 is 0 Å². The molecule has 0 atom stereocenters. The van der Waals surface area contributed by atoms with E-state index in [0.29, 0.717) is 5.54 Å². The van der Waals surface area contributed by atoms with Gasteiger partial charge in [-0.15, -0.1) is 0 Å². The van der Waals surface area contributed by atoms with Gasteiger partial charge in [-0.05, 0) is 46.4 Å². The normalized spacial score (nSPS) is 29.4. The lowest BCUT2D eigenvalue weighted by atomic mass is 9.87. The fourth-order valence-corrected chi connectivity index (χ4v) is 3.01. The van der Waals surface area contributed by atoms with Crippen molar-refractivity contribution >= 4 is 0 Å². The maximum atomic E-state index is 2.74. The van der Waals surface area contributed by atoms with Crippen molar-refractivity contribution in [2.75, 3.05) is 52.9 Å². The summed E-state index contributed by atoms with van der Waals surface area (Å²) in [5.41, 5.74) is 0.479. The number of hydrogen-bond donors (Lipinski definition) is 0. The molecule has 2 heterocycles. The molecule has 94 valence electrons. The number of likely N-dealkylation sites (N-methyl/N-ethyl adjacent to an activating group) is 1. The quantitative estimate of drug-likeness (QED) is 0.697. The van der Waals surface area contributed by atoms with Gasteiger partial charge in [0, 0.05) is 31.7 Å². The summed E-state index contributed by atoms with van der Waals surface area (Å²) in [6, 6.07) is 0. The van der Waals surface area contributed by atoms with Gasteiger partial charge in [0.05, 0.1) is 0 Å². The van der Waals surface area contributed by atoms with Crippen LogP contribution < -0.4 is 0 Å². The second-order valence-corrected chi connectivity index (χ2v) is 5.72. The number of piperazine rings is 1. The van der Waals surface area contributed by atoms with Gasteiger partial charge in [-0.1, -0.05) is 6.92 Å². The average Bonchev–Trinajstić information content (AvgIpc) is 2.31. The molecule has 16 heavy (non-hydrogen) atoms. The van der Waals surface area contributed by atoms with Crippen LogP contribution in [0.3, 0.4) is 0 Å². The van der Waals surface area contributed by atoms with Crippen LogP contribution in [0.25, 0.3) is 0 Å². The molecule has 2 fully saturated rings. The van der Waals surface area contributed by atoms with Gasteiger partial charge >= 0.3 is 0 Å². The zero-order chi connectivity index (χ0) is 11.6. The summed E-state index contributed by atoms with van der Waals surface area (Å²) in [6.45, 7) is 13.6. The molecule has 0 amide bonds. The van der Waals surface area contributed by atoms with Crippen LogP contribution in [0, 0.1) is 0 Å². The lowest BCUT2D eigenvalue weighted by Gasteiger charge is -2.49. The van der Waals surface area contributed by atoms with Gasteiger partial charge < -0.3 is 9.80 Å². The van der Waals surface area contributed by atoms with Crippen LogP contribution in [-0.4, -0.2) is 73.1 Å². The molecule has 0 aromatic rings. The Hall–Kier alpha value is -0.120.